The van der Waals surface area contributed by atoms with Crippen LogP contribution in [0.4, 0.5) is 0 Å². The molecule has 2 atom stereocenters. The zero-order valence-corrected chi connectivity index (χ0v) is 16.9. The molecule has 134 valence electrons. The van der Waals surface area contributed by atoms with Gasteiger partial charge in [-0.1, -0.05) is 109 Å². The van der Waals surface area contributed by atoms with E-state index in [1.807, 2.05) is 0 Å². The van der Waals surface area contributed by atoms with Crippen LogP contribution in [0, 0.1) is 0 Å². The average molecular weight is 367 g/mol. The Morgan fingerprint density at radius 3 is 2.00 bits per heavy atom. The molecule has 2 aromatic rings. The topological polar surface area (TPSA) is 0 Å². The average Bonchev–Trinajstić information content (AvgIpc) is 3.45. The van der Waals surface area contributed by atoms with Crippen molar-refractivity contribution in [2.75, 3.05) is 0 Å². The molecule has 5 rings (SSSR count). The summed E-state index contributed by atoms with van der Waals surface area (Å²) in [5.74, 6) is 0. The fourth-order valence-corrected chi connectivity index (χ4v) is 10.1. The standard InChI is InChI=1S/C26H26Si/c1-27(19-18-20-8-2-3-9-20,25-16-14-21-10-4-6-12-23(21)25)26-17-15-22-11-5-7-13-24(22)26/h2-8,10-17,25-26H,9,18-19H2,1H3. The largest absolute Gasteiger partial charge is 0.0805 e. The number of rotatable bonds is 5. The Kier molecular flexibility index (Phi) is 4.13. The first-order valence-corrected chi connectivity index (χ1v) is 13.0. The van der Waals surface area contributed by atoms with Gasteiger partial charge < -0.3 is 0 Å². The molecule has 27 heavy (non-hydrogen) atoms. The normalized spacial score (nSPS) is 24.0. The lowest BCUT2D eigenvalue weighted by molar-refractivity contribution is 0.940. The molecule has 1 heteroatoms. The molecule has 3 aliphatic carbocycles. The first kappa shape index (κ1) is 16.8. The molecule has 0 amide bonds. The quantitative estimate of drug-likeness (QED) is 0.498. The third-order valence-electron chi connectivity index (χ3n) is 6.85. The van der Waals surface area contributed by atoms with E-state index in [0.29, 0.717) is 11.1 Å². The summed E-state index contributed by atoms with van der Waals surface area (Å²) in [4.78, 5) is 0. The van der Waals surface area contributed by atoms with Crippen LogP contribution in [-0.4, -0.2) is 8.07 Å². The van der Waals surface area contributed by atoms with Crippen LogP contribution in [0.2, 0.25) is 12.6 Å². The van der Waals surface area contributed by atoms with Gasteiger partial charge in [-0.25, -0.2) is 0 Å². The number of benzene rings is 2. The van der Waals surface area contributed by atoms with E-state index in [-0.39, 0.29) is 0 Å². The minimum atomic E-state index is -1.70. The van der Waals surface area contributed by atoms with Crippen molar-refractivity contribution in [3.8, 4) is 0 Å². The maximum atomic E-state index is 2.66. The van der Waals surface area contributed by atoms with Gasteiger partial charge in [-0.05, 0) is 46.2 Å². The summed E-state index contributed by atoms with van der Waals surface area (Å²) in [6.07, 6.45) is 19.0. The molecule has 0 aliphatic heterocycles. The number of hydrogen-bond donors (Lipinski definition) is 0. The van der Waals surface area contributed by atoms with Crippen LogP contribution in [0.1, 0.15) is 46.2 Å². The summed E-state index contributed by atoms with van der Waals surface area (Å²) in [6.45, 7) is 2.66. The molecule has 0 saturated heterocycles. The van der Waals surface area contributed by atoms with Gasteiger partial charge in [-0.15, -0.1) is 0 Å². The lowest BCUT2D eigenvalue weighted by Crippen LogP contribution is -2.43. The van der Waals surface area contributed by atoms with Crippen molar-refractivity contribution in [1.29, 1.82) is 0 Å². The van der Waals surface area contributed by atoms with Gasteiger partial charge in [0.2, 0.25) is 0 Å². The molecule has 0 N–H and O–H groups in total. The van der Waals surface area contributed by atoms with Gasteiger partial charge in [0.1, 0.15) is 0 Å². The summed E-state index contributed by atoms with van der Waals surface area (Å²) in [5.41, 5.74) is 8.79. The van der Waals surface area contributed by atoms with Crippen LogP contribution in [0.25, 0.3) is 12.2 Å². The zero-order chi connectivity index (χ0) is 18.3. The molecule has 2 unspecified atom stereocenters. The molecular weight excluding hydrogens is 340 g/mol. The second-order valence-corrected chi connectivity index (χ2v) is 13.2. The van der Waals surface area contributed by atoms with Gasteiger partial charge in [-0.2, -0.15) is 0 Å². The first-order chi connectivity index (χ1) is 13.3. The predicted molar refractivity (Wildman–Crippen MR) is 119 cm³/mol. The Morgan fingerprint density at radius 2 is 1.44 bits per heavy atom. The Hall–Kier alpha value is -2.38. The molecule has 0 heterocycles. The van der Waals surface area contributed by atoms with Crippen LogP contribution < -0.4 is 0 Å². The first-order valence-electron chi connectivity index (χ1n) is 10.1. The molecule has 0 bridgehead atoms. The van der Waals surface area contributed by atoms with Gasteiger partial charge in [0, 0.05) is 0 Å². The van der Waals surface area contributed by atoms with Crippen molar-refractivity contribution in [3.05, 3.63) is 107 Å². The Labute approximate surface area is 163 Å². The van der Waals surface area contributed by atoms with E-state index >= 15 is 0 Å². The molecule has 0 fully saturated rings. The highest BCUT2D eigenvalue weighted by Crippen LogP contribution is 2.49. The van der Waals surface area contributed by atoms with E-state index in [9.17, 15) is 0 Å². The summed E-state index contributed by atoms with van der Waals surface area (Å²) in [7, 11) is -1.70. The summed E-state index contributed by atoms with van der Waals surface area (Å²) >= 11 is 0. The van der Waals surface area contributed by atoms with E-state index in [1.165, 1.54) is 23.6 Å². The minimum absolute atomic E-state index is 0.601. The van der Waals surface area contributed by atoms with Crippen LogP contribution in [0.15, 0.2) is 84.5 Å². The summed E-state index contributed by atoms with van der Waals surface area (Å²) < 4.78 is 0. The second-order valence-electron chi connectivity index (χ2n) is 8.39. The van der Waals surface area contributed by atoms with Crippen LogP contribution in [0.3, 0.4) is 0 Å². The Morgan fingerprint density at radius 1 is 0.852 bits per heavy atom. The van der Waals surface area contributed by atoms with Gasteiger partial charge in [0.05, 0.1) is 8.07 Å². The molecule has 2 aromatic carbocycles. The van der Waals surface area contributed by atoms with Gasteiger partial charge in [0.15, 0.2) is 0 Å². The van der Waals surface area contributed by atoms with Crippen molar-refractivity contribution in [2.45, 2.75) is 36.5 Å². The highest BCUT2D eigenvalue weighted by atomic mass is 28.3. The third-order valence-corrected chi connectivity index (χ3v) is 12.0. The van der Waals surface area contributed by atoms with Gasteiger partial charge in [0.25, 0.3) is 0 Å². The maximum Gasteiger partial charge on any atom is 0.0748 e. The maximum absolute atomic E-state index is 2.66. The van der Waals surface area contributed by atoms with Gasteiger partial charge >= 0.3 is 0 Å². The van der Waals surface area contributed by atoms with Crippen molar-refractivity contribution >= 4 is 20.2 Å². The Balaban J connectivity index is 1.54. The predicted octanol–water partition coefficient (Wildman–Crippen LogP) is 7.04. The van der Waals surface area contributed by atoms with Crippen LogP contribution in [0.5, 0.6) is 0 Å². The van der Waals surface area contributed by atoms with Crippen molar-refractivity contribution in [3.63, 3.8) is 0 Å². The molecule has 3 aliphatic rings. The Bertz CT molecular complexity index is 927. The smallest absolute Gasteiger partial charge is 0.0748 e. The van der Waals surface area contributed by atoms with E-state index in [1.54, 1.807) is 16.7 Å². The molecule has 0 spiro atoms. The highest BCUT2D eigenvalue weighted by molar-refractivity contribution is 6.82. The van der Waals surface area contributed by atoms with E-state index in [0.717, 1.165) is 6.42 Å². The van der Waals surface area contributed by atoms with E-state index < -0.39 is 8.07 Å². The summed E-state index contributed by atoms with van der Waals surface area (Å²) in [5, 5.41) is 0. The monoisotopic (exact) mass is 366 g/mol. The molecule has 0 aromatic heterocycles. The third kappa shape index (κ3) is 2.81. The summed E-state index contributed by atoms with van der Waals surface area (Å²) in [6, 6.07) is 19.4. The van der Waals surface area contributed by atoms with E-state index in [2.05, 4.69) is 97.6 Å². The van der Waals surface area contributed by atoms with Gasteiger partial charge in [-0.3, -0.25) is 0 Å². The van der Waals surface area contributed by atoms with E-state index in [4.69, 9.17) is 0 Å². The second kappa shape index (κ2) is 6.65. The van der Waals surface area contributed by atoms with Crippen molar-refractivity contribution in [2.24, 2.45) is 0 Å². The van der Waals surface area contributed by atoms with Crippen molar-refractivity contribution < 1.29 is 0 Å². The van der Waals surface area contributed by atoms with Crippen molar-refractivity contribution in [1.82, 2.24) is 0 Å². The minimum Gasteiger partial charge on any atom is -0.0805 e. The molecular formula is C26H26Si. The fourth-order valence-electron chi connectivity index (χ4n) is 5.26. The lowest BCUT2D eigenvalue weighted by atomic mass is 10.1. The zero-order valence-electron chi connectivity index (χ0n) is 15.9. The SMILES string of the molecule is C[Si](CCC1=CC=CC1)(C1C=Cc2ccccc21)C1C=Cc2ccccc21. The highest BCUT2D eigenvalue weighted by Gasteiger charge is 2.45. The van der Waals surface area contributed by atoms with Crippen LogP contribution >= 0.6 is 0 Å². The number of allylic oxidation sites excluding steroid dienone is 6. The number of fused-ring (bicyclic) bond motifs is 2. The molecule has 0 saturated carbocycles. The fraction of sp³-hybridized carbons (Fsp3) is 0.231. The lowest BCUT2D eigenvalue weighted by Gasteiger charge is -2.39. The van der Waals surface area contributed by atoms with Crippen LogP contribution in [-0.2, 0) is 0 Å². The molecule has 0 radical (unpaired) electrons. The number of hydrogen-bond acceptors (Lipinski definition) is 0. The molecule has 0 nitrogen and oxygen atoms in total.